The monoisotopic (exact) mass is 273 g/mol. The van der Waals surface area contributed by atoms with Gasteiger partial charge in [-0.3, -0.25) is 10.1 Å². The minimum atomic E-state index is -0.643. The van der Waals surface area contributed by atoms with E-state index in [-0.39, 0.29) is 17.4 Å². The van der Waals surface area contributed by atoms with Gasteiger partial charge in [0.15, 0.2) is 0 Å². The molecule has 8 nitrogen and oxygen atoms in total. The van der Waals surface area contributed by atoms with Gasteiger partial charge in [0.1, 0.15) is 23.7 Å². The quantitative estimate of drug-likeness (QED) is 0.670. The molecule has 0 fully saturated rings. The van der Waals surface area contributed by atoms with Crippen LogP contribution < -0.4 is 5.32 Å². The number of nitrogens with zero attached hydrogens (tertiary/aromatic N) is 4. The first-order valence-corrected chi connectivity index (χ1v) is 5.75. The summed E-state index contributed by atoms with van der Waals surface area (Å²) in [6.07, 6.45) is 1.59. The van der Waals surface area contributed by atoms with Gasteiger partial charge in [-0.25, -0.2) is 9.97 Å². The van der Waals surface area contributed by atoms with Crippen LogP contribution in [-0.4, -0.2) is 14.9 Å². The fourth-order valence-corrected chi connectivity index (χ4v) is 1.62. The molecule has 1 unspecified atom stereocenters. The zero-order valence-corrected chi connectivity index (χ0v) is 10.8. The Morgan fingerprint density at radius 1 is 1.55 bits per heavy atom. The Labute approximate surface area is 114 Å². The number of nitro groups is 1. The van der Waals surface area contributed by atoms with Crippen molar-refractivity contribution in [1.82, 2.24) is 9.97 Å². The van der Waals surface area contributed by atoms with E-state index in [0.717, 1.165) is 0 Å². The highest BCUT2D eigenvalue weighted by Gasteiger charge is 2.17. The number of hydrogen-bond donors (Lipinski definition) is 1. The van der Waals surface area contributed by atoms with Crippen molar-refractivity contribution in [2.45, 2.75) is 19.9 Å². The van der Waals surface area contributed by atoms with Gasteiger partial charge in [0.25, 0.3) is 0 Å². The van der Waals surface area contributed by atoms with Crippen LogP contribution in [0.25, 0.3) is 0 Å². The summed E-state index contributed by atoms with van der Waals surface area (Å²) in [6, 6.07) is 4.10. The molecule has 0 bridgehead atoms. The summed E-state index contributed by atoms with van der Waals surface area (Å²) in [7, 11) is 0. The molecular weight excluding hydrogens is 262 g/mol. The summed E-state index contributed by atoms with van der Waals surface area (Å²) in [5.74, 6) is 1.50. The van der Waals surface area contributed by atoms with Gasteiger partial charge in [0, 0.05) is 6.07 Å². The number of aromatic nitrogens is 2. The van der Waals surface area contributed by atoms with E-state index < -0.39 is 4.92 Å². The van der Waals surface area contributed by atoms with Crippen LogP contribution in [0.15, 0.2) is 22.7 Å². The smallest absolute Gasteiger partial charge is 0.305 e. The molecular formula is C12H11N5O3. The van der Waals surface area contributed by atoms with Gasteiger partial charge in [0.2, 0.25) is 11.6 Å². The second-order valence-electron chi connectivity index (χ2n) is 4.11. The van der Waals surface area contributed by atoms with Crippen molar-refractivity contribution in [1.29, 1.82) is 5.26 Å². The number of pyridine rings is 1. The predicted molar refractivity (Wildman–Crippen MR) is 68.9 cm³/mol. The summed E-state index contributed by atoms with van der Waals surface area (Å²) in [6.45, 7) is 3.58. The minimum absolute atomic E-state index is 0.240. The third-order valence-electron chi connectivity index (χ3n) is 2.55. The third kappa shape index (κ3) is 2.72. The van der Waals surface area contributed by atoms with E-state index in [1.807, 2.05) is 0 Å². The zero-order chi connectivity index (χ0) is 14.7. The summed E-state index contributed by atoms with van der Waals surface area (Å²) in [5.41, 5.74) is -0.562. The number of nitriles is 1. The average Bonchev–Trinajstić information content (AvgIpc) is 2.85. The molecule has 102 valence electrons. The van der Waals surface area contributed by atoms with E-state index in [2.05, 4.69) is 15.3 Å². The highest BCUT2D eigenvalue weighted by molar-refractivity contribution is 5.50. The number of aryl methyl sites for hydroxylation is 1. The van der Waals surface area contributed by atoms with E-state index in [9.17, 15) is 10.1 Å². The molecule has 8 heteroatoms. The van der Waals surface area contributed by atoms with Crippen LogP contribution in [0.5, 0.6) is 0 Å². The number of nitrogens with one attached hydrogen (secondary N) is 1. The Morgan fingerprint density at radius 2 is 2.30 bits per heavy atom. The van der Waals surface area contributed by atoms with Crippen molar-refractivity contribution in [2.75, 3.05) is 5.32 Å². The molecule has 0 saturated heterocycles. The van der Waals surface area contributed by atoms with Gasteiger partial charge in [-0.05, 0) is 19.9 Å². The maximum Gasteiger partial charge on any atom is 0.305 e. The van der Waals surface area contributed by atoms with Crippen molar-refractivity contribution in [3.63, 3.8) is 0 Å². The lowest BCUT2D eigenvalue weighted by Crippen LogP contribution is -2.09. The summed E-state index contributed by atoms with van der Waals surface area (Å²) < 4.78 is 5.36. The molecule has 2 aromatic rings. The van der Waals surface area contributed by atoms with Crippen LogP contribution in [0.3, 0.4) is 0 Å². The molecule has 1 atom stereocenters. The Bertz CT molecular complexity index is 689. The second kappa shape index (κ2) is 5.36. The van der Waals surface area contributed by atoms with Gasteiger partial charge in [-0.15, -0.1) is 0 Å². The van der Waals surface area contributed by atoms with Crippen LogP contribution in [0, 0.1) is 28.4 Å². The largest absolute Gasteiger partial charge is 0.444 e. The van der Waals surface area contributed by atoms with Crippen molar-refractivity contribution in [2.24, 2.45) is 0 Å². The minimum Gasteiger partial charge on any atom is -0.444 e. The first kappa shape index (κ1) is 13.5. The van der Waals surface area contributed by atoms with E-state index in [4.69, 9.17) is 9.68 Å². The molecule has 0 aromatic carbocycles. The second-order valence-corrected chi connectivity index (χ2v) is 4.11. The maximum absolute atomic E-state index is 10.7. The Balaban J connectivity index is 2.22. The fraction of sp³-hybridized carbons (Fsp3) is 0.250. The first-order chi connectivity index (χ1) is 9.51. The number of oxazole rings is 1. The van der Waals surface area contributed by atoms with Gasteiger partial charge in [0.05, 0.1) is 11.1 Å². The maximum atomic E-state index is 10.7. The number of rotatable bonds is 4. The molecule has 20 heavy (non-hydrogen) atoms. The van der Waals surface area contributed by atoms with Crippen molar-refractivity contribution < 1.29 is 9.34 Å². The first-order valence-electron chi connectivity index (χ1n) is 5.75. The molecule has 0 amide bonds. The highest BCUT2D eigenvalue weighted by Crippen LogP contribution is 2.21. The van der Waals surface area contributed by atoms with Gasteiger partial charge >= 0.3 is 5.69 Å². The standard InChI is InChI=1S/C12H11N5O3/c1-7-6-14-12(20-7)8(2)15-11-4-3-10(17(18)19)9(5-13)16-11/h3-4,6,8H,1-2H3,(H,15,16). The molecule has 0 aliphatic heterocycles. The van der Waals surface area contributed by atoms with Crippen molar-refractivity contribution in [3.8, 4) is 6.07 Å². The van der Waals surface area contributed by atoms with Crippen LogP contribution in [0.1, 0.15) is 30.3 Å². The van der Waals surface area contributed by atoms with Crippen LogP contribution >= 0.6 is 0 Å². The Hall–Kier alpha value is -2.95. The summed E-state index contributed by atoms with van der Waals surface area (Å²) in [4.78, 5) is 18.0. The van der Waals surface area contributed by atoms with Crippen LogP contribution in [0.4, 0.5) is 11.5 Å². The molecule has 0 saturated carbocycles. The van der Waals surface area contributed by atoms with E-state index in [1.54, 1.807) is 26.1 Å². The Kier molecular flexibility index (Phi) is 3.61. The number of hydrogen-bond acceptors (Lipinski definition) is 7. The molecule has 2 heterocycles. The molecule has 0 radical (unpaired) electrons. The molecule has 0 aliphatic rings. The van der Waals surface area contributed by atoms with E-state index in [0.29, 0.717) is 17.5 Å². The normalized spacial score (nSPS) is 11.7. The van der Waals surface area contributed by atoms with Crippen LogP contribution in [-0.2, 0) is 0 Å². The lowest BCUT2D eigenvalue weighted by atomic mass is 10.3. The van der Waals surface area contributed by atoms with Crippen LogP contribution in [0.2, 0.25) is 0 Å². The zero-order valence-electron chi connectivity index (χ0n) is 10.8. The lowest BCUT2D eigenvalue weighted by Gasteiger charge is -2.10. The summed E-state index contributed by atoms with van der Waals surface area (Å²) in [5, 5.41) is 22.5. The van der Waals surface area contributed by atoms with Crippen molar-refractivity contribution in [3.05, 3.63) is 45.8 Å². The molecule has 2 rings (SSSR count). The lowest BCUT2D eigenvalue weighted by molar-refractivity contribution is -0.385. The molecule has 0 spiro atoms. The molecule has 0 aliphatic carbocycles. The fourth-order valence-electron chi connectivity index (χ4n) is 1.62. The molecule has 1 N–H and O–H groups in total. The van der Waals surface area contributed by atoms with E-state index in [1.165, 1.54) is 12.1 Å². The average molecular weight is 273 g/mol. The predicted octanol–water partition coefficient (Wildman–Crippen LogP) is 2.33. The van der Waals surface area contributed by atoms with Gasteiger partial charge in [-0.2, -0.15) is 5.26 Å². The third-order valence-corrected chi connectivity index (χ3v) is 2.55. The van der Waals surface area contributed by atoms with E-state index >= 15 is 0 Å². The highest BCUT2D eigenvalue weighted by atomic mass is 16.6. The van der Waals surface area contributed by atoms with Crippen molar-refractivity contribution >= 4 is 11.5 Å². The molecule has 2 aromatic heterocycles. The Morgan fingerprint density at radius 3 is 2.85 bits per heavy atom. The summed E-state index contributed by atoms with van der Waals surface area (Å²) >= 11 is 0. The topological polar surface area (TPSA) is 118 Å². The van der Waals surface area contributed by atoms with Gasteiger partial charge < -0.3 is 9.73 Å². The SMILES string of the molecule is Cc1cnc(C(C)Nc2ccc([N+](=O)[O-])c(C#N)n2)o1. The number of anilines is 1. The van der Waals surface area contributed by atoms with Gasteiger partial charge in [-0.1, -0.05) is 0 Å².